The highest BCUT2D eigenvalue weighted by atomic mass is 16.3. The maximum atomic E-state index is 6.82. The van der Waals surface area contributed by atoms with Crippen molar-refractivity contribution in [1.82, 2.24) is 0 Å². The highest BCUT2D eigenvalue weighted by molar-refractivity contribution is 6.13. The smallest absolute Gasteiger partial charge is 0.143 e. The van der Waals surface area contributed by atoms with Crippen LogP contribution < -0.4 is 0 Å². The normalized spacial score (nSPS) is 13.9. The molecule has 0 amide bonds. The summed E-state index contributed by atoms with van der Waals surface area (Å²) >= 11 is 0. The van der Waals surface area contributed by atoms with Gasteiger partial charge < -0.3 is 4.42 Å². The van der Waals surface area contributed by atoms with E-state index >= 15 is 0 Å². The number of fused-ring (bicyclic) bond motifs is 15. The summed E-state index contributed by atoms with van der Waals surface area (Å²) in [7, 11) is 0. The van der Waals surface area contributed by atoms with E-state index in [4.69, 9.17) is 4.42 Å². The van der Waals surface area contributed by atoms with Crippen molar-refractivity contribution in [2.75, 3.05) is 0 Å². The average molecular weight is 699 g/mol. The van der Waals surface area contributed by atoms with Gasteiger partial charge in [0.05, 0.1) is 5.41 Å². The minimum absolute atomic E-state index is 0.0342. The third-order valence-electron chi connectivity index (χ3n) is 12.4. The summed E-state index contributed by atoms with van der Waals surface area (Å²) in [6.07, 6.45) is 0. The summed E-state index contributed by atoms with van der Waals surface area (Å²) in [6.45, 7) is 0. The highest BCUT2D eigenvalue weighted by Gasteiger charge is 2.52. The van der Waals surface area contributed by atoms with E-state index in [1.807, 2.05) is 0 Å². The van der Waals surface area contributed by atoms with E-state index in [2.05, 4.69) is 200 Å². The lowest BCUT2D eigenvalue weighted by Crippen LogP contribution is -2.26. The second-order valence-corrected chi connectivity index (χ2v) is 15.1. The van der Waals surface area contributed by atoms with Crippen molar-refractivity contribution >= 4 is 32.7 Å². The quantitative estimate of drug-likeness (QED) is 0.167. The molecule has 1 nitrogen and oxygen atoms in total. The van der Waals surface area contributed by atoms with E-state index in [0.29, 0.717) is 0 Å². The molecule has 256 valence electrons. The van der Waals surface area contributed by atoms with E-state index in [-0.39, 0.29) is 5.92 Å². The van der Waals surface area contributed by atoms with Crippen LogP contribution in [0.2, 0.25) is 0 Å². The van der Waals surface area contributed by atoms with Gasteiger partial charge in [-0.1, -0.05) is 194 Å². The molecule has 1 spiro atoms. The zero-order valence-corrected chi connectivity index (χ0v) is 30.0. The zero-order valence-electron chi connectivity index (χ0n) is 30.0. The second-order valence-electron chi connectivity index (χ2n) is 15.1. The van der Waals surface area contributed by atoms with Gasteiger partial charge in [0, 0.05) is 22.3 Å². The fraction of sp³-hybridized carbons (Fsp3) is 0.0370. The molecule has 1 atom stereocenters. The van der Waals surface area contributed by atoms with E-state index < -0.39 is 5.41 Å². The van der Waals surface area contributed by atoms with Gasteiger partial charge in [0.15, 0.2) is 0 Å². The number of furan rings is 1. The van der Waals surface area contributed by atoms with Gasteiger partial charge in [-0.2, -0.15) is 0 Å². The third kappa shape index (κ3) is 4.18. The highest BCUT2D eigenvalue weighted by Crippen LogP contribution is 2.64. The Labute approximate surface area is 319 Å². The standard InChI is InChI=1S/C54H34O/c1-2-14-36(15-3-1)51(37-27-25-35(26-28-37)40-21-12-16-34-13-4-5-17-39(34)40)38-29-30-45-49(33-38)54(46-22-9-6-18-41(46)42-19-7-10-23-47(42)54)48-32-31-44-43-20-8-11-24-50(43)55-53(44)52(45)48/h1-33,51H. The predicted octanol–water partition coefficient (Wildman–Crippen LogP) is 13.9. The molecule has 9 aromatic carbocycles. The molecule has 55 heavy (non-hydrogen) atoms. The molecular formula is C54H34O. The summed E-state index contributed by atoms with van der Waals surface area (Å²) in [5.74, 6) is 0.0342. The monoisotopic (exact) mass is 698 g/mol. The van der Waals surface area contributed by atoms with Gasteiger partial charge in [0.2, 0.25) is 0 Å². The molecule has 1 aromatic heterocycles. The van der Waals surface area contributed by atoms with Crippen LogP contribution in [0, 0.1) is 0 Å². The lowest BCUT2D eigenvalue weighted by atomic mass is 9.69. The van der Waals surface area contributed by atoms with Crippen molar-refractivity contribution in [2.24, 2.45) is 0 Å². The maximum Gasteiger partial charge on any atom is 0.143 e. The maximum absolute atomic E-state index is 6.82. The minimum Gasteiger partial charge on any atom is -0.455 e. The Balaban J connectivity index is 1.11. The van der Waals surface area contributed by atoms with Gasteiger partial charge in [0.1, 0.15) is 11.2 Å². The summed E-state index contributed by atoms with van der Waals surface area (Å²) in [4.78, 5) is 0. The fourth-order valence-electron chi connectivity index (χ4n) is 10.2. The number of hydrogen-bond donors (Lipinski definition) is 0. The van der Waals surface area contributed by atoms with Gasteiger partial charge >= 0.3 is 0 Å². The first-order valence-corrected chi connectivity index (χ1v) is 19.2. The van der Waals surface area contributed by atoms with Gasteiger partial charge in [-0.3, -0.25) is 0 Å². The van der Waals surface area contributed by atoms with E-state index in [1.54, 1.807) is 0 Å². The summed E-state index contributed by atoms with van der Waals surface area (Å²) in [5, 5.41) is 4.85. The van der Waals surface area contributed by atoms with Gasteiger partial charge in [0.25, 0.3) is 0 Å². The Hall–Kier alpha value is -6.96. The van der Waals surface area contributed by atoms with Crippen LogP contribution in [0.5, 0.6) is 0 Å². The molecule has 0 bridgehead atoms. The Morgan fingerprint density at radius 2 is 0.982 bits per heavy atom. The van der Waals surface area contributed by atoms with Crippen molar-refractivity contribution in [2.45, 2.75) is 11.3 Å². The Morgan fingerprint density at radius 3 is 1.78 bits per heavy atom. The fourth-order valence-corrected chi connectivity index (χ4v) is 10.2. The molecule has 2 aliphatic rings. The van der Waals surface area contributed by atoms with Crippen molar-refractivity contribution in [3.8, 4) is 33.4 Å². The third-order valence-corrected chi connectivity index (χ3v) is 12.4. The number of para-hydroxylation sites is 1. The van der Waals surface area contributed by atoms with Crippen LogP contribution in [-0.4, -0.2) is 0 Å². The number of hydrogen-bond acceptors (Lipinski definition) is 1. The molecule has 2 aliphatic carbocycles. The Kier molecular flexibility index (Phi) is 6.39. The van der Waals surface area contributed by atoms with Gasteiger partial charge in [-0.25, -0.2) is 0 Å². The lowest BCUT2D eigenvalue weighted by molar-refractivity contribution is 0.669. The molecule has 10 aromatic rings. The number of benzene rings is 9. The first kappa shape index (κ1) is 30.5. The van der Waals surface area contributed by atoms with Crippen LogP contribution in [0.1, 0.15) is 44.9 Å². The predicted molar refractivity (Wildman–Crippen MR) is 227 cm³/mol. The van der Waals surface area contributed by atoms with E-state index in [9.17, 15) is 0 Å². The molecule has 0 N–H and O–H groups in total. The van der Waals surface area contributed by atoms with E-state index in [1.165, 1.54) is 83.1 Å². The molecule has 1 heteroatoms. The average Bonchev–Trinajstić information content (AvgIpc) is 3.88. The number of rotatable bonds is 4. The minimum atomic E-state index is -0.486. The molecule has 0 fully saturated rings. The Bertz CT molecular complexity index is 3100. The van der Waals surface area contributed by atoms with E-state index in [0.717, 1.165) is 21.9 Å². The van der Waals surface area contributed by atoms with Crippen LogP contribution in [0.3, 0.4) is 0 Å². The first-order valence-electron chi connectivity index (χ1n) is 19.2. The van der Waals surface area contributed by atoms with Crippen LogP contribution in [0.15, 0.2) is 205 Å². The van der Waals surface area contributed by atoms with Crippen molar-refractivity contribution in [1.29, 1.82) is 0 Å². The zero-order chi connectivity index (χ0) is 36.1. The molecule has 0 saturated carbocycles. The van der Waals surface area contributed by atoms with Crippen molar-refractivity contribution in [3.63, 3.8) is 0 Å². The summed E-state index contributed by atoms with van der Waals surface area (Å²) in [6, 6.07) is 74.0. The molecular weight excluding hydrogens is 665 g/mol. The first-order chi connectivity index (χ1) is 27.3. The molecule has 0 aliphatic heterocycles. The lowest BCUT2D eigenvalue weighted by Gasteiger charge is -2.31. The molecule has 0 saturated heterocycles. The second kappa shape index (κ2) is 11.5. The van der Waals surface area contributed by atoms with Crippen LogP contribution in [-0.2, 0) is 5.41 Å². The SMILES string of the molecule is c1ccc(C(c2ccc(-c3cccc4ccccc34)cc2)c2ccc3c(c2)C2(c4ccccc4-c4ccccc42)c2ccc4c(oc5ccccc54)c2-3)cc1. The summed E-state index contributed by atoms with van der Waals surface area (Å²) in [5.41, 5.74) is 18.0. The van der Waals surface area contributed by atoms with Crippen LogP contribution in [0.25, 0.3) is 66.1 Å². The Morgan fingerprint density at radius 1 is 0.364 bits per heavy atom. The van der Waals surface area contributed by atoms with Crippen LogP contribution in [0.4, 0.5) is 0 Å². The molecule has 1 heterocycles. The molecule has 0 radical (unpaired) electrons. The van der Waals surface area contributed by atoms with Crippen molar-refractivity contribution in [3.05, 3.63) is 239 Å². The topological polar surface area (TPSA) is 13.1 Å². The van der Waals surface area contributed by atoms with Gasteiger partial charge in [-0.15, -0.1) is 0 Å². The van der Waals surface area contributed by atoms with Crippen molar-refractivity contribution < 1.29 is 4.42 Å². The molecule has 1 unspecified atom stereocenters. The largest absolute Gasteiger partial charge is 0.455 e. The van der Waals surface area contributed by atoms with Crippen LogP contribution >= 0.6 is 0 Å². The summed E-state index contributed by atoms with van der Waals surface area (Å²) < 4.78 is 6.82. The molecule has 12 rings (SSSR count). The van der Waals surface area contributed by atoms with Gasteiger partial charge in [-0.05, 0) is 83.6 Å².